The number of anilines is 1. The molecule has 2 amide bonds. The molecule has 8 nitrogen and oxygen atoms in total. The third kappa shape index (κ3) is 7.85. The van der Waals surface area contributed by atoms with E-state index >= 15 is 0 Å². The van der Waals surface area contributed by atoms with E-state index in [0.717, 1.165) is 33.8 Å². The van der Waals surface area contributed by atoms with Crippen LogP contribution in [0.15, 0.2) is 77.7 Å². The zero-order valence-corrected chi connectivity index (χ0v) is 24.7. The first-order valence-corrected chi connectivity index (χ1v) is 14.9. The summed E-state index contributed by atoms with van der Waals surface area (Å²) in [5.74, 6) is -0.182. The van der Waals surface area contributed by atoms with Gasteiger partial charge in [-0.3, -0.25) is 13.9 Å². The number of rotatable bonds is 13. The van der Waals surface area contributed by atoms with Gasteiger partial charge in [-0.1, -0.05) is 60.9 Å². The number of hydrogen-bond donors (Lipinski definition) is 1. The molecule has 0 aliphatic rings. The zero-order chi connectivity index (χ0) is 29.3. The molecule has 3 rings (SSSR count). The molecule has 3 aromatic carbocycles. The maximum Gasteiger partial charge on any atom is 0.264 e. The van der Waals surface area contributed by atoms with Gasteiger partial charge in [0, 0.05) is 13.1 Å². The van der Waals surface area contributed by atoms with Crippen molar-refractivity contribution in [3.05, 3.63) is 89.5 Å². The van der Waals surface area contributed by atoms with E-state index in [1.165, 1.54) is 17.0 Å². The van der Waals surface area contributed by atoms with Crippen molar-refractivity contribution in [2.75, 3.05) is 24.5 Å². The van der Waals surface area contributed by atoms with Gasteiger partial charge < -0.3 is 15.0 Å². The van der Waals surface area contributed by atoms with Crippen molar-refractivity contribution in [2.24, 2.45) is 0 Å². The molecule has 3 aromatic rings. The Bertz CT molecular complexity index is 1390. The Kier molecular flexibility index (Phi) is 10.7. The first-order chi connectivity index (χ1) is 19.1. The monoisotopic (exact) mass is 565 g/mol. The molecule has 0 aromatic heterocycles. The Morgan fingerprint density at radius 3 is 2.17 bits per heavy atom. The van der Waals surface area contributed by atoms with Gasteiger partial charge in [0.05, 0.1) is 17.7 Å². The fourth-order valence-corrected chi connectivity index (χ4v) is 5.58. The highest BCUT2D eigenvalue weighted by molar-refractivity contribution is 7.92. The second-order valence-electron chi connectivity index (χ2n) is 9.85. The van der Waals surface area contributed by atoms with Crippen LogP contribution in [-0.2, 0) is 26.2 Å². The van der Waals surface area contributed by atoms with Crippen LogP contribution < -0.4 is 14.4 Å². The van der Waals surface area contributed by atoms with Gasteiger partial charge in [0.15, 0.2) is 0 Å². The van der Waals surface area contributed by atoms with Crippen molar-refractivity contribution in [1.82, 2.24) is 10.2 Å². The van der Waals surface area contributed by atoms with Crippen molar-refractivity contribution < 1.29 is 22.7 Å². The number of ether oxygens (including phenoxy) is 1. The van der Waals surface area contributed by atoms with Crippen molar-refractivity contribution in [1.29, 1.82) is 0 Å². The third-order valence-electron chi connectivity index (χ3n) is 6.69. The predicted molar refractivity (Wildman–Crippen MR) is 158 cm³/mol. The van der Waals surface area contributed by atoms with Crippen LogP contribution in [-0.4, -0.2) is 51.4 Å². The minimum atomic E-state index is -4.09. The number of benzene rings is 3. The number of methoxy groups -OCH3 is 1. The largest absolute Gasteiger partial charge is 0.497 e. The smallest absolute Gasteiger partial charge is 0.264 e. The molecule has 1 unspecified atom stereocenters. The SMILES string of the molecule is CCCCNC(=O)C(C)N(Cc1cccc(OC)c1)C(=O)CN(c1ccc(C)cc1)S(=O)(=O)c1ccc(C)cc1. The van der Waals surface area contributed by atoms with Crippen LogP contribution in [0.3, 0.4) is 0 Å². The van der Waals surface area contributed by atoms with Crippen LogP contribution in [0.1, 0.15) is 43.4 Å². The lowest BCUT2D eigenvalue weighted by Crippen LogP contribution is -2.51. The van der Waals surface area contributed by atoms with Gasteiger partial charge in [-0.05, 0) is 69.2 Å². The van der Waals surface area contributed by atoms with Gasteiger partial charge in [0.1, 0.15) is 18.3 Å². The van der Waals surface area contributed by atoms with Crippen LogP contribution >= 0.6 is 0 Å². The van der Waals surface area contributed by atoms with Gasteiger partial charge in [-0.15, -0.1) is 0 Å². The van der Waals surface area contributed by atoms with Crippen molar-refractivity contribution in [2.45, 2.75) is 58.0 Å². The second kappa shape index (κ2) is 14.0. The maximum atomic E-state index is 14.0. The standard InChI is InChI=1S/C31H39N3O5S/c1-6-7-19-32-31(36)25(4)33(21-26-9-8-10-28(20-26)39-5)30(35)22-34(27-15-11-23(2)12-16-27)40(37,38)29-17-13-24(3)14-18-29/h8-18,20,25H,6-7,19,21-22H2,1-5H3,(H,32,36). The number of sulfonamides is 1. The summed E-state index contributed by atoms with van der Waals surface area (Å²) in [6.07, 6.45) is 1.74. The lowest BCUT2D eigenvalue weighted by molar-refractivity contribution is -0.139. The van der Waals surface area contributed by atoms with Crippen molar-refractivity contribution >= 4 is 27.5 Å². The first kappa shape index (κ1) is 30.7. The number of aryl methyl sites for hydroxylation is 2. The van der Waals surface area contributed by atoms with Crippen LogP contribution in [0.25, 0.3) is 0 Å². The molecule has 1 atom stereocenters. The molecule has 0 bridgehead atoms. The van der Waals surface area contributed by atoms with E-state index < -0.39 is 28.5 Å². The molecule has 40 heavy (non-hydrogen) atoms. The molecular formula is C31H39N3O5S. The van der Waals surface area contributed by atoms with Crippen LogP contribution in [0, 0.1) is 13.8 Å². The van der Waals surface area contributed by atoms with Crippen molar-refractivity contribution in [3.8, 4) is 5.75 Å². The summed E-state index contributed by atoms with van der Waals surface area (Å²) < 4.78 is 34.2. The highest BCUT2D eigenvalue weighted by Gasteiger charge is 2.32. The summed E-state index contributed by atoms with van der Waals surface area (Å²) in [6.45, 7) is 7.59. The summed E-state index contributed by atoms with van der Waals surface area (Å²) in [5.41, 5.74) is 2.99. The molecule has 0 heterocycles. The molecule has 0 fully saturated rings. The van der Waals surface area contributed by atoms with Gasteiger partial charge in [0.2, 0.25) is 11.8 Å². The summed E-state index contributed by atoms with van der Waals surface area (Å²) in [5, 5.41) is 2.89. The number of nitrogens with zero attached hydrogens (tertiary/aromatic N) is 2. The average Bonchev–Trinajstić information content (AvgIpc) is 2.95. The Balaban J connectivity index is 2.00. The van der Waals surface area contributed by atoms with Gasteiger partial charge in [0.25, 0.3) is 10.0 Å². The van der Waals surface area contributed by atoms with E-state index in [1.54, 1.807) is 62.6 Å². The Labute approximate surface area is 238 Å². The molecule has 214 valence electrons. The molecule has 0 spiro atoms. The summed E-state index contributed by atoms with van der Waals surface area (Å²) in [4.78, 5) is 28.5. The predicted octanol–water partition coefficient (Wildman–Crippen LogP) is 4.84. The van der Waals surface area contributed by atoms with Crippen LogP contribution in [0.4, 0.5) is 5.69 Å². The molecule has 0 saturated heterocycles. The number of carbonyl (C=O) groups excluding carboxylic acids is 2. The van der Waals surface area contributed by atoms with Gasteiger partial charge >= 0.3 is 0 Å². The zero-order valence-electron chi connectivity index (χ0n) is 23.9. The quantitative estimate of drug-likeness (QED) is 0.299. The van der Waals surface area contributed by atoms with E-state index in [-0.39, 0.29) is 17.3 Å². The summed E-state index contributed by atoms with van der Waals surface area (Å²) >= 11 is 0. The minimum Gasteiger partial charge on any atom is -0.497 e. The fraction of sp³-hybridized carbons (Fsp3) is 0.355. The number of carbonyl (C=O) groups is 2. The minimum absolute atomic E-state index is 0.0798. The topological polar surface area (TPSA) is 96.0 Å². The summed E-state index contributed by atoms with van der Waals surface area (Å²) in [7, 11) is -2.54. The highest BCUT2D eigenvalue weighted by Crippen LogP contribution is 2.25. The maximum absolute atomic E-state index is 14.0. The molecule has 0 radical (unpaired) electrons. The van der Waals surface area contributed by atoms with Crippen LogP contribution in [0.2, 0.25) is 0 Å². The molecular weight excluding hydrogens is 526 g/mol. The molecule has 9 heteroatoms. The number of unbranched alkanes of at least 4 members (excludes halogenated alkanes) is 1. The number of hydrogen-bond acceptors (Lipinski definition) is 5. The lowest BCUT2D eigenvalue weighted by Gasteiger charge is -2.32. The highest BCUT2D eigenvalue weighted by atomic mass is 32.2. The second-order valence-corrected chi connectivity index (χ2v) is 11.7. The van der Waals surface area contributed by atoms with E-state index in [4.69, 9.17) is 4.74 Å². The number of nitrogens with one attached hydrogen (secondary N) is 1. The molecule has 0 aliphatic carbocycles. The summed E-state index contributed by atoms with van der Waals surface area (Å²) in [6, 6.07) is 19.9. The Morgan fingerprint density at radius 1 is 0.950 bits per heavy atom. The molecule has 0 aliphatic heterocycles. The Morgan fingerprint density at radius 2 is 1.57 bits per heavy atom. The number of amides is 2. The van der Waals surface area contributed by atoms with Crippen LogP contribution in [0.5, 0.6) is 5.75 Å². The van der Waals surface area contributed by atoms with E-state index in [9.17, 15) is 18.0 Å². The third-order valence-corrected chi connectivity index (χ3v) is 8.48. The van der Waals surface area contributed by atoms with E-state index in [2.05, 4.69) is 5.32 Å². The van der Waals surface area contributed by atoms with Crippen molar-refractivity contribution in [3.63, 3.8) is 0 Å². The molecule has 1 N–H and O–H groups in total. The first-order valence-electron chi connectivity index (χ1n) is 13.4. The molecule has 0 saturated carbocycles. The van der Waals surface area contributed by atoms with E-state index in [1.807, 2.05) is 32.9 Å². The lowest BCUT2D eigenvalue weighted by atomic mass is 10.1. The van der Waals surface area contributed by atoms with Gasteiger partial charge in [-0.25, -0.2) is 8.42 Å². The van der Waals surface area contributed by atoms with E-state index in [0.29, 0.717) is 18.0 Å². The average molecular weight is 566 g/mol. The fourth-order valence-electron chi connectivity index (χ4n) is 4.16. The van der Waals surface area contributed by atoms with Gasteiger partial charge in [-0.2, -0.15) is 0 Å². The normalized spacial score (nSPS) is 11.9. The Hall–Kier alpha value is -3.85.